The molecule has 8 heteroatoms. The van der Waals surface area contributed by atoms with Crippen LogP contribution in [-0.2, 0) is 0 Å². The van der Waals surface area contributed by atoms with E-state index in [2.05, 4.69) is 15.9 Å². The number of nitro benzene ring substituents is 1. The number of rotatable bonds is 2. The fourth-order valence-electron chi connectivity index (χ4n) is 1.02. The van der Waals surface area contributed by atoms with E-state index in [0.717, 1.165) is 18.2 Å². The predicted octanol–water partition coefficient (Wildman–Crippen LogP) is 4.25. The summed E-state index contributed by atoms with van der Waals surface area (Å²) in [5.41, 5.74) is -0.809. The Balaban J connectivity index is 3.18. The maximum atomic E-state index is 12.3. The molecule has 0 fully saturated rings. The zero-order valence-corrected chi connectivity index (χ0v) is 9.80. The van der Waals surface area contributed by atoms with Gasteiger partial charge in [0.15, 0.2) is 0 Å². The standard InChI is InChI=1S/C8H4BrClF3NO2/c9-7(8(11,12)13)4-1-2-5(10)6(3-4)14(15)16/h1-3,7H/t7-/m0/s1. The fraction of sp³-hybridized carbons (Fsp3) is 0.250. The van der Waals surface area contributed by atoms with Crippen LogP contribution in [0.5, 0.6) is 0 Å². The molecule has 88 valence electrons. The van der Waals surface area contributed by atoms with Gasteiger partial charge in [-0.05, 0) is 11.6 Å². The van der Waals surface area contributed by atoms with Gasteiger partial charge in [-0.15, -0.1) is 0 Å². The van der Waals surface area contributed by atoms with Crippen LogP contribution in [0.1, 0.15) is 10.4 Å². The lowest BCUT2D eigenvalue weighted by molar-refractivity contribution is -0.384. The minimum absolute atomic E-state index is 0.198. The molecule has 0 aliphatic heterocycles. The van der Waals surface area contributed by atoms with Crippen LogP contribution in [0, 0.1) is 10.1 Å². The third kappa shape index (κ3) is 2.85. The molecule has 3 nitrogen and oxygen atoms in total. The first-order valence-electron chi connectivity index (χ1n) is 3.88. The lowest BCUT2D eigenvalue weighted by Gasteiger charge is -2.13. The molecule has 0 bridgehead atoms. The van der Waals surface area contributed by atoms with Crippen molar-refractivity contribution in [3.63, 3.8) is 0 Å². The van der Waals surface area contributed by atoms with Crippen molar-refractivity contribution in [1.82, 2.24) is 0 Å². The van der Waals surface area contributed by atoms with E-state index in [1.807, 2.05) is 0 Å². The molecule has 1 aromatic carbocycles. The largest absolute Gasteiger partial charge is 0.405 e. The van der Waals surface area contributed by atoms with E-state index in [9.17, 15) is 23.3 Å². The van der Waals surface area contributed by atoms with Crippen molar-refractivity contribution in [1.29, 1.82) is 0 Å². The molecule has 1 atom stereocenters. The van der Waals surface area contributed by atoms with Crippen molar-refractivity contribution in [2.24, 2.45) is 0 Å². The van der Waals surface area contributed by atoms with Crippen LogP contribution < -0.4 is 0 Å². The zero-order chi connectivity index (χ0) is 12.5. The summed E-state index contributed by atoms with van der Waals surface area (Å²) in [4.78, 5) is 7.69. The Morgan fingerprint density at radius 1 is 1.44 bits per heavy atom. The maximum absolute atomic E-state index is 12.3. The molecule has 0 saturated heterocycles. The Morgan fingerprint density at radius 2 is 2.00 bits per heavy atom. The third-order valence-electron chi connectivity index (χ3n) is 1.75. The molecular formula is C8H4BrClF3NO2. The summed E-state index contributed by atoms with van der Waals surface area (Å²) >= 11 is 7.90. The van der Waals surface area contributed by atoms with Crippen molar-refractivity contribution < 1.29 is 18.1 Å². The van der Waals surface area contributed by atoms with Gasteiger partial charge >= 0.3 is 6.18 Å². The first-order chi connectivity index (χ1) is 7.23. The van der Waals surface area contributed by atoms with Crippen LogP contribution in [0.2, 0.25) is 5.02 Å². The SMILES string of the molecule is O=[N+]([O-])c1cc([C@H](Br)C(F)(F)F)ccc1Cl. The molecule has 0 unspecified atom stereocenters. The van der Waals surface area contributed by atoms with E-state index in [4.69, 9.17) is 11.6 Å². The minimum Gasteiger partial charge on any atom is -0.258 e. The van der Waals surface area contributed by atoms with Crippen LogP contribution in [-0.4, -0.2) is 11.1 Å². The fourth-order valence-corrected chi connectivity index (χ4v) is 1.49. The van der Waals surface area contributed by atoms with E-state index in [-0.39, 0.29) is 10.6 Å². The molecule has 0 spiro atoms. The van der Waals surface area contributed by atoms with Crippen LogP contribution >= 0.6 is 27.5 Å². The van der Waals surface area contributed by atoms with Gasteiger partial charge in [0, 0.05) is 6.07 Å². The minimum atomic E-state index is -4.51. The molecule has 0 saturated carbocycles. The summed E-state index contributed by atoms with van der Waals surface area (Å²) in [5.74, 6) is 0. The van der Waals surface area contributed by atoms with E-state index in [1.165, 1.54) is 0 Å². The van der Waals surface area contributed by atoms with Gasteiger partial charge < -0.3 is 0 Å². The molecule has 0 N–H and O–H groups in total. The van der Waals surface area contributed by atoms with Crippen LogP contribution in [0.25, 0.3) is 0 Å². The second kappa shape index (κ2) is 4.58. The van der Waals surface area contributed by atoms with Gasteiger partial charge in [-0.25, -0.2) is 0 Å². The van der Waals surface area contributed by atoms with Gasteiger partial charge in [-0.3, -0.25) is 10.1 Å². The van der Waals surface area contributed by atoms with E-state index < -0.39 is 21.6 Å². The van der Waals surface area contributed by atoms with E-state index >= 15 is 0 Å². The molecule has 0 heterocycles. The van der Waals surface area contributed by atoms with Gasteiger partial charge in [0.2, 0.25) is 0 Å². The van der Waals surface area contributed by atoms with Crippen molar-refractivity contribution in [3.05, 3.63) is 38.9 Å². The number of benzene rings is 1. The van der Waals surface area contributed by atoms with E-state index in [1.54, 1.807) is 0 Å². The summed E-state index contributed by atoms with van der Waals surface area (Å²) < 4.78 is 37.0. The highest BCUT2D eigenvalue weighted by atomic mass is 79.9. The molecule has 0 aromatic heterocycles. The molecule has 0 amide bonds. The average molecular weight is 318 g/mol. The predicted molar refractivity (Wildman–Crippen MR) is 55.8 cm³/mol. The highest BCUT2D eigenvalue weighted by molar-refractivity contribution is 9.09. The second-order valence-corrected chi connectivity index (χ2v) is 4.20. The number of hydrogen-bond acceptors (Lipinski definition) is 2. The summed E-state index contributed by atoms with van der Waals surface area (Å²) in [6.07, 6.45) is -4.51. The third-order valence-corrected chi connectivity index (χ3v) is 3.11. The summed E-state index contributed by atoms with van der Waals surface area (Å²) in [5, 5.41) is 10.3. The monoisotopic (exact) mass is 317 g/mol. The normalized spacial score (nSPS) is 13.6. The average Bonchev–Trinajstić information content (AvgIpc) is 2.15. The van der Waals surface area contributed by atoms with Gasteiger partial charge in [0.05, 0.1) is 4.92 Å². The smallest absolute Gasteiger partial charge is 0.258 e. The van der Waals surface area contributed by atoms with E-state index in [0.29, 0.717) is 0 Å². The molecule has 1 rings (SSSR count). The van der Waals surface area contributed by atoms with Crippen molar-refractivity contribution in [2.45, 2.75) is 11.0 Å². The highest BCUT2D eigenvalue weighted by Gasteiger charge is 2.39. The van der Waals surface area contributed by atoms with Crippen LogP contribution in [0.3, 0.4) is 0 Å². The van der Waals surface area contributed by atoms with Gasteiger partial charge in [0.1, 0.15) is 9.85 Å². The number of halogens is 5. The molecule has 0 radical (unpaired) electrons. The molecule has 0 aliphatic carbocycles. The molecule has 1 aromatic rings. The second-order valence-electron chi connectivity index (χ2n) is 2.87. The number of alkyl halides is 4. The highest BCUT2D eigenvalue weighted by Crippen LogP contribution is 2.41. The zero-order valence-electron chi connectivity index (χ0n) is 7.46. The van der Waals surface area contributed by atoms with Gasteiger partial charge in [-0.2, -0.15) is 13.2 Å². The topological polar surface area (TPSA) is 43.1 Å². The first kappa shape index (κ1) is 13.2. The number of hydrogen-bond donors (Lipinski definition) is 0. The van der Waals surface area contributed by atoms with Crippen LogP contribution in [0.15, 0.2) is 18.2 Å². The van der Waals surface area contributed by atoms with Crippen molar-refractivity contribution in [2.75, 3.05) is 0 Å². The summed E-state index contributed by atoms with van der Waals surface area (Å²) in [7, 11) is 0. The number of nitrogens with zero attached hydrogens (tertiary/aromatic N) is 1. The van der Waals surface area contributed by atoms with Crippen molar-refractivity contribution in [3.8, 4) is 0 Å². The first-order valence-corrected chi connectivity index (χ1v) is 5.17. The quantitative estimate of drug-likeness (QED) is 0.465. The molecule has 16 heavy (non-hydrogen) atoms. The van der Waals surface area contributed by atoms with Crippen molar-refractivity contribution >= 4 is 33.2 Å². The molecular weight excluding hydrogens is 314 g/mol. The summed E-state index contributed by atoms with van der Waals surface area (Å²) in [6, 6.07) is 2.95. The molecule has 0 aliphatic rings. The Kier molecular flexibility index (Phi) is 3.80. The van der Waals surface area contributed by atoms with Crippen LogP contribution in [0.4, 0.5) is 18.9 Å². The Labute approximate surface area is 101 Å². The summed E-state index contributed by atoms with van der Waals surface area (Å²) in [6.45, 7) is 0. The lowest BCUT2D eigenvalue weighted by Crippen LogP contribution is -2.15. The van der Waals surface area contributed by atoms with Gasteiger partial charge in [0.25, 0.3) is 5.69 Å². The lowest BCUT2D eigenvalue weighted by atomic mass is 10.1. The van der Waals surface area contributed by atoms with Gasteiger partial charge in [-0.1, -0.05) is 33.6 Å². The Hall–Kier alpha value is -0.820. The maximum Gasteiger partial charge on any atom is 0.405 e. The number of nitro groups is 1. The Morgan fingerprint density at radius 3 is 2.44 bits per heavy atom. The Bertz CT molecular complexity index is 424.